The van der Waals surface area contributed by atoms with Crippen molar-refractivity contribution in [3.8, 4) is 11.5 Å². The average molecular weight is 300 g/mol. The zero-order valence-electron chi connectivity index (χ0n) is 12.2. The normalized spacial score (nSPS) is 20.5. The maximum absolute atomic E-state index is 6.35. The summed E-state index contributed by atoms with van der Waals surface area (Å²) in [5, 5.41) is 3.89. The second-order valence-corrected chi connectivity index (χ2v) is 5.33. The number of halogens is 1. The number of ether oxygens (including phenoxy) is 3. The van der Waals surface area contributed by atoms with E-state index < -0.39 is 0 Å². The van der Waals surface area contributed by atoms with Crippen molar-refractivity contribution in [3.63, 3.8) is 0 Å². The molecular weight excluding hydrogens is 278 g/mol. The SMILES string of the molecule is CNC(c1ccc(OC)c(Cl)c1OC)C1CCCOC1. The lowest BCUT2D eigenvalue weighted by Gasteiger charge is -2.31. The molecule has 1 aliphatic rings. The van der Waals surface area contributed by atoms with Crippen LogP contribution in [-0.2, 0) is 4.74 Å². The van der Waals surface area contributed by atoms with Crippen molar-refractivity contribution in [2.75, 3.05) is 34.5 Å². The zero-order valence-corrected chi connectivity index (χ0v) is 13.0. The molecule has 1 aromatic carbocycles. The van der Waals surface area contributed by atoms with Gasteiger partial charge in [-0.1, -0.05) is 11.6 Å². The minimum absolute atomic E-state index is 0.161. The molecule has 20 heavy (non-hydrogen) atoms. The van der Waals surface area contributed by atoms with Crippen molar-refractivity contribution >= 4 is 11.6 Å². The maximum atomic E-state index is 6.35. The summed E-state index contributed by atoms with van der Waals surface area (Å²) < 4.78 is 16.3. The predicted octanol–water partition coefficient (Wildman–Crippen LogP) is 3.04. The largest absolute Gasteiger partial charge is 0.495 e. The van der Waals surface area contributed by atoms with E-state index in [9.17, 15) is 0 Å². The van der Waals surface area contributed by atoms with Crippen LogP contribution < -0.4 is 14.8 Å². The average Bonchev–Trinajstić information content (AvgIpc) is 2.49. The molecule has 0 saturated carbocycles. The Balaban J connectivity index is 2.35. The summed E-state index contributed by atoms with van der Waals surface area (Å²) in [6.07, 6.45) is 2.23. The van der Waals surface area contributed by atoms with Crippen LogP contribution in [0, 0.1) is 5.92 Å². The smallest absolute Gasteiger partial charge is 0.146 e. The van der Waals surface area contributed by atoms with Crippen LogP contribution in [0.1, 0.15) is 24.4 Å². The monoisotopic (exact) mass is 299 g/mol. The Labute approximate surface area is 125 Å². The fourth-order valence-corrected chi connectivity index (χ4v) is 3.16. The first-order valence-corrected chi connectivity index (χ1v) is 7.26. The van der Waals surface area contributed by atoms with E-state index in [0.29, 0.717) is 22.4 Å². The molecule has 2 rings (SSSR count). The number of hydrogen-bond acceptors (Lipinski definition) is 4. The number of methoxy groups -OCH3 is 2. The summed E-state index contributed by atoms with van der Waals surface area (Å²) in [6.45, 7) is 1.62. The molecule has 1 saturated heterocycles. The zero-order chi connectivity index (χ0) is 14.5. The summed E-state index contributed by atoms with van der Waals surface area (Å²) in [5.41, 5.74) is 1.05. The van der Waals surface area contributed by atoms with Gasteiger partial charge in [0.05, 0.1) is 20.8 Å². The third kappa shape index (κ3) is 3.03. The standard InChI is InChI=1S/C15H22ClNO3/c1-17-14(10-5-4-8-20-9-10)11-6-7-12(18-2)13(16)15(11)19-3/h6-7,10,14,17H,4-5,8-9H2,1-3H3. The van der Waals surface area contributed by atoms with E-state index in [1.165, 1.54) is 0 Å². The Morgan fingerprint density at radius 3 is 2.70 bits per heavy atom. The number of nitrogens with one attached hydrogen (secondary N) is 1. The van der Waals surface area contributed by atoms with Gasteiger partial charge in [-0.05, 0) is 32.0 Å². The molecule has 0 amide bonds. The lowest BCUT2D eigenvalue weighted by atomic mass is 9.88. The Morgan fingerprint density at radius 1 is 1.35 bits per heavy atom. The molecule has 1 fully saturated rings. The van der Waals surface area contributed by atoms with E-state index >= 15 is 0 Å². The fraction of sp³-hybridized carbons (Fsp3) is 0.600. The van der Waals surface area contributed by atoms with E-state index in [1.807, 2.05) is 19.2 Å². The minimum Gasteiger partial charge on any atom is -0.495 e. The summed E-state index contributed by atoms with van der Waals surface area (Å²) in [4.78, 5) is 0. The van der Waals surface area contributed by atoms with E-state index in [1.54, 1.807) is 14.2 Å². The van der Waals surface area contributed by atoms with Crippen LogP contribution >= 0.6 is 11.6 Å². The predicted molar refractivity (Wildman–Crippen MR) is 79.9 cm³/mol. The molecule has 2 atom stereocenters. The Hall–Kier alpha value is -0.970. The molecule has 112 valence electrons. The van der Waals surface area contributed by atoms with Gasteiger partial charge in [0.25, 0.3) is 0 Å². The van der Waals surface area contributed by atoms with E-state index in [2.05, 4.69) is 5.32 Å². The van der Waals surface area contributed by atoms with Crippen LogP contribution in [0.5, 0.6) is 11.5 Å². The second-order valence-electron chi connectivity index (χ2n) is 4.95. The fourth-order valence-electron chi connectivity index (χ4n) is 2.84. The van der Waals surface area contributed by atoms with E-state index in [0.717, 1.165) is 31.6 Å². The lowest BCUT2D eigenvalue weighted by molar-refractivity contribution is 0.0398. The molecule has 2 unspecified atom stereocenters. The third-order valence-corrected chi connectivity index (χ3v) is 4.19. The van der Waals surface area contributed by atoms with Crippen LogP contribution in [0.15, 0.2) is 12.1 Å². The Kier molecular flexibility index (Phi) is 5.52. The number of rotatable bonds is 5. The molecule has 1 aliphatic heterocycles. The van der Waals surface area contributed by atoms with Crippen LogP contribution in [0.2, 0.25) is 5.02 Å². The molecule has 0 bridgehead atoms. The van der Waals surface area contributed by atoms with Crippen LogP contribution in [0.25, 0.3) is 0 Å². The van der Waals surface area contributed by atoms with Crippen molar-refractivity contribution in [2.45, 2.75) is 18.9 Å². The number of benzene rings is 1. The van der Waals surface area contributed by atoms with Crippen molar-refractivity contribution in [1.29, 1.82) is 0 Å². The molecule has 4 nitrogen and oxygen atoms in total. The van der Waals surface area contributed by atoms with Crippen molar-refractivity contribution in [3.05, 3.63) is 22.7 Å². The van der Waals surface area contributed by atoms with Crippen LogP contribution in [0.4, 0.5) is 0 Å². The first-order chi connectivity index (χ1) is 9.72. The highest BCUT2D eigenvalue weighted by Crippen LogP contribution is 2.42. The number of hydrogen-bond donors (Lipinski definition) is 1. The summed E-state index contributed by atoms with van der Waals surface area (Å²) in [5.74, 6) is 1.73. The van der Waals surface area contributed by atoms with Gasteiger partial charge in [0.2, 0.25) is 0 Å². The quantitative estimate of drug-likeness (QED) is 0.907. The first kappa shape index (κ1) is 15.4. The van der Waals surface area contributed by atoms with Gasteiger partial charge in [0.15, 0.2) is 0 Å². The molecule has 0 radical (unpaired) electrons. The first-order valence-electron chi connectivity index (χ1n) is 6.88. The summed E-state index contributed by atoms with van der Waals surface area (Å²) in [6, 6.07) is 4.06. The van der Waals surface area contributed by atoms with E-state index in [-0.39, 0.29) is 6.04 Å². The Bertz CT molecular complexity index is 447. The molecular formula is C15H22ClNO3. The molecule has 0 spiro atoms. The highest BCUT2D eigenvalue weighted by molar-refractivity contribution is 6.33. The molecule has 1 N–H and O–H groups in total. The molecule has 1 heterocycles. The van der Waals surface area contributed by atoms with Gasteiger partial charge in [0, 0.05) is 24.1 Å². The summed E-state index contributed by atoms with van der Waals surface area (Å²) >= 11 is 6.35. The van der Waals surface area contributed by atoms with Gasteiger partial charge in [-0.3, -0.25) is 0 Å². The summed E-state index contributed by atoms with van der Waals surface area (Å²) in [7, 11) is 5.19. The lowest BCUT2D eigenvalue weighted by Crippen LogP contribution is -2.31. The van der Waals surface area contributed by atoms with Gasteiger partial charge in [0.1, 0.15) is 16.5 Å². The van der Waals surface area contributed by atoms with Crippen LogP contribution in [-0.4, -0.2) is 34.5 Å². The topological polar surface area (TPSA) is 39.7 Å². The maximum Gasteiger partial charge on any atom is 0.146 e. The Morgan fingerprint density at radius 2 is 2.15 bits per heavy atom. The van der Waals surface area contributed by atoms with Crippen molar-refractivity contribution in [1.82, 2.24) is 5.32 Å². The van der Waals surface area contributed by atoms with Crippen molar-refractivity contribution in [2.24, 2.45) is 5.92 Å². The minimum atomic E-state index is 0.161. The van der Waals surface area contributed by atoms with Gasteiger partial charge in [-0.2, -0.15) is 0 Å². The van der Waals surface area contributed by atoms with Gasteiger partial charge < -0.3 is 19.5 Å². The third-order valence-electron chi connectivity index (χ3n) is 3.83. The molecule has 5 heteroatoms. The molecule has 0 aromatic heterocycles. The highest BCUT2D eigenvalue weighted by atomic mass is 35.5. The van der Waals surface area contributed by atoms with Gasteiger partial charge in [-0.15, -0.1) is 0 Å². The second kappa shape index (κ2) is 7.16. The van der Waals surface area contributed by atoms with E-state index in [4.69, 9.17) is 25.8 Å². The van der Waals surface area contributed by atoms with Gasteiger partial charge in [-0.25, -0.2) is 0 Å². The van der Waals surface area contributed by atoms with Crippen molar-refractivity contribution < 1.29 is 14.2 Å². The van der Waals surface area contributed by atoms with Gasteiger partial charge >= 0.3 is 0 Å². The molecule has 1 aromatic rings. The molecule has 0 aliphatic carbocycles. The van der Waals surface area contributed by atoms with Crippen LogP contribution in [0.3, 0.4) is 0 Å². The highest BCUT2D eigenvalue weighted by Gasteiger charge is 2.28.